The Bertz CT molecular complexity index is 453. The van der Waals surface area contributed by atoms with E-state index in [2.05, 4.69) is 30.1 Å². The van der Waals surface area contributed by atoms with Crippen molar-refractivity contribution in [3.05, 3.63) is 41.2 Å². The molecule has 2 rings (SSSR count). The molecule has 0 saturated heterocycles. The molecule has 1 heterocycles. The topological polar surface area (TPSA) is 56.7 Å². The van der Waals surface area contributed by atoms with Gasteiger partial charge in [0.15, 0.2) is 0 Å². The average Bonchev–Trinajstić information content (AvgIpc) is 2.64. The molecule has 0 unspecified atom stereocenters. The lowest BCUT2D eigenvalue weighted by Gasteiger charge is -2.02. The summed E-state index contributed by atoms with van der Waals surface area (Å²) in [7, 11) is 0. The number of rotatable bonds is 2. The monoisotopic (exact) mass is 202 g/mol. The van der Waals surface area contributed by atoms with Gasteiger partial charge in [0.2, 0.25) is 0 Å². The first-order valence-electron chi connectivity index (χ1n) is 4.89. The van der Waals surface area contributed by atoms with Crippen LogP contribution < -0.4 is 5.73 Å². The van der Waals surface area contributed by atoms with Gasteiger partial charge in [-0.3, -0.25) is 0 Å². The van der Waals surface area contributed by atoms with Crippen molar-refractivity contribution in [2.75, 3.05) is 0 Å². The highest BCUT2D eigenvalue weighted by Crippen LogP contribution is 2.11. The van der Waals surface area contributed by atoms with E-state index in [1.807, 2.05) is 12.1 Å². The molecule has 0 saturated carbocycles. The van der Waals surface area contributed by atoms with Crippen molar-refractivity contribution in [2.45, 2.75) is 20.4 Å². The summed E-state index contributed by atoms with van der Waals surface area (Å²) in [5.41, 5.74) is 9.67. The summed E-state index contributed by atoms with van der Waals surface area (Å²) in [6, 6.07) is 6.22. The van der Waals surface area contributed by atoms with Crippen LogP contribution in [0.25, 0.3) is 5.69 Å². The first-order chi connectivity index (χ1) is 7.19. The molecule has 0 aliphatic carbocycles. The molecule has 0 aliphatic heterocycles. The SMILES string of the molecule is Cc1cc(C)cc(-n2ncc(CN)n2)c1. The van der Waals surface area contributed by atoms with Crippen molar-refractivity contribution in [3.63, 3.8) is 0 Å². The van der Waals surface area contributed by atoms with E-state index < -0.39 is 0 Å². The summed E-state index contributed by atoms with van der Waals surface area (Å²) in [5.74, 6) is 0. The van der Waals surface area contributed by atoms with Crippen LogP contribution in [0.2, 0.25) is 0 Å². The smallest absolute Gasteiger partial charge is 0.0967 e. The molecule has 4 nitrogen and oxygen atoms in total. The Morgan fingerprint density at radius 1 is 1.20 bits per heavy atom. The summed E-state index contributed by atoms with van der Waals surface area (Å²) < 4.78 is 0. The van der Waals surface area contributed by atoms with E-state index in [0.717, 1.165) is 11.4 Å². The Labute approximate surface area is 88.7 Å². The maximum atomic E-state index is 5.49. The highest BCUT2D eigenvalue weighted by atomic mass is 15.5. The number of aryl methyl sites for hydroxylation is 2. The van der Waals surface area contributed by atoms with E-state index in [-0.39, 0.29) is 0 Å². The molecule has 78 valence electrons. The second kappa shape index (κ2) is 3.82. The Morgan fingerprint density at radius 3 is 2.40 bits per heavy atom. The zero-order valence-corrected chi connectivity index (χ0v) is 8.94. The molecule has 0 bridgehead atoms. The minimum Gasteiger partial charge on any atom is -0.325 e. The maximum Gasteiger partial charge on any atom is 0.0967 e. The van der Waals surface area contributed by atoms with Crippen molar-refractivity contribution in [1.29, 1.82) is 0 Å². The summed E-state index contributed by atoms with van der Waals surface area (Å²) in [5, 5.41) is 8.43. The first-order valence-corrected chi connectivity index (χ1v) is 4.89. The van der Waals surface area contributed by atoms with Crippen molar-refractivity contribution in [3.8, 4) is 5.69 Å². The minimum atomic E-state index is 0.421. The zero-order chi connectivity index (χ0) is 10.8. The van der Waals surface area contributed by atoms with Crippen LogP contribution in [0.3, 0.4) is 0 Å². The molecule has 2 N–H and O–H groups in total. The minimum absolute atomic E-state index is 0.421. The molecule has 0 aliphatic rings. The molecular formula is C11H14N4. The number of hydrogen-bond donors (Lipinski definition) is 1. The summed E-state index contributed by atoms with van der Waals surface area (Å²) in [6.07, 6.45) is 1.69. The number of nitrogens with two attached hydrogens (primary N) is 1. The molecule has 0 spiro atoms. The van der Waals surface area contributed by atoms with Gasteiger partial charge in [0.25, 0.3) is 0 Å². The molecule has 2 aromatic rings. The Hall–Kier alpha value is -1.68. The highest BCUT2D eigenvalue weighted by Gasteiger charge is 2.02. The maximum absolute atomic E-state index is 5.49. The largest absolute Gasteiger partial charge is 0.325 e. The van der Waals surface area contributed by atoms with Crippen molar-refractivity contribution in [2.24, 2.45) is 5.73 Å². The fraction of sp³-hybridized carbons (Fsp3) is 0.273. The molecule has 1 aromatic heterocycles. The fourth-order valence-electron chi connectivity index (χ4n) is 1.58. The Balaban J connectivity index is 2.44. The van der Waals surface area contributed by atoms with Crippen molar-refractivity contribution in [1.82, 2.24) is 15.0 Å². The normalized spacial score (nSPS) is 10.6. The molecule has 0 radical (unpaired) electrons. The number of nitrogens with zero attached hydrogens (tertiary/aromatic N) is 3. The third-order valence-corrected chi connectivity index (χ3v) is 2.19. The standard InChI is InChI=1S/C11H14N4/c1-8-3-9(2)5-11(4-8)15-13-7-10(6-12)14-15/h3-5,7H,6,12H2,1-2H3. The first kappa shape index (κ1) is 9.86. The van der Waals surface area contributed by atoms with Gasteiger partial charge in [-0.2, -0.15) is 15.0 Å². The fourth-order valence-corrected chi connectivity index (χ4v) is 1.58. The van der Waals surface area contributed by atoms with Crippen LogP contribution in [0.5, 0.6) is 0 Å². The van der Waals surface area contributed by atoms with E-state index in [1.54, 1.807) is 11.0 Å². The predicted molar refractivity (Wildman–Crippen MR) is 58.7 cm³/mol. The van der Waals surface area contributed by atoms with Gasteiger partial charge in [0.1, 0.15) is 0 Å². The third-order valence-electron chi connectivity index (χ3n) is 2.19. The highest BCUT2D eigenvalue weighted by molar-refractivity contribution is 5.37. The van der Waals surface area contributed by atoms with Gasteiger partial charge in [-0.05, 0) is 37.1 Å². The van der Waals surface area contributed by atoms with Gasteiger partial charge < -0.3 is 5.73 Å². The van der Waals surface area contributed by atoms with Gasteiger partial charge >= 0.3 is 0 Å². The van der Waals surface area contributed by atoms with Crippen LogP contribution in [-0.2, 0) is 6.54 Å². The second-order valence-electron chi connectivity index (χ2n) is 3.68. The molecule has 0 fully saturated rings. The van der Waals surface area contributed by atoms with E-state index >= 15 is 0 Å². The molecule has 0 amide bonds. The number of benzene rings is 1. The zero-order valence-electron chi connectivity index (χ0n) is 8.94. The van der Waals surface area contributed by atoms with Crippen LogP contribution in [0, 0.1) is 13.8 Å². The summed E-state index contributed by atoms with van der Waals surface area (Å²) in [4.78, 5) is 1.61. The molecular weight excluding hydrogens is 188 g/mol. The lowest BCUT2D eigenvalue weighted by molar-refractivity contribution is 0.736. The Morgan fingerprint density at radius 2 is 1.87 bits per heavy atom. The lowest BCUT2D eigenvalue weighted by Crippen LogP contribution is -2.02. The predicted octanol–water partition coefficient (Wildman–Crippen LogP) is 1.34. The van der Waals surface area contributed by atoms with Crippen LogP contribution in [0.1, 0.15) is 16.8 Å². The van der Waals surface area contributed by atoms with Crippen LogP contribution >= 0.6 is 0 Å². The van der Waals surface area contributed by atoms with Gasteiger partial charge in [0.05, 0.1) is 17.6 Å². The van der Waals surface area contributed by atoms with Crippen molar-refractivity contribution >= 4 is 0 Å². The number of aromatic nitrogens is 3. The summed E-state index contributed by atoms with van der Waals surface area (Å²) >= 11 is 0. The third kappa shape index (κ3) is 2.05. The lowest BCUT2D eigenvalue weighted by atomic mass is 10.1. The van der Waals surface area contributed by atoms with Gasteiger partial charge in [0, 0.05) is 6.54 Å². The average molecular weight is 202 g/mol. The van der Waals surface area contributed by atoms with Crippen molar-refractivity contribution < 1.29 is 0 Å². The van der Waals surface area contributed by atoms with E-state index in [9.17, 15) is 0 Å². The Kier molecular flexibility index (Phi) is 2.51. The van der Waals surface area contributed by atoms with Gasteiger partial charge in [-0.1, -0.05) is 6.07 Å². The van der Waals surface area contributed by atoms with Crippen LogP contribution in [-0.4, -0.2) is 15.0 Å². The second-order valence-corrected chi connectivity index (χ2v) is 3.68. The quantitative estimate of drug-likeness (QED) is 0.799. The van der Waals surface area contributed by atoms with Gasteiger partial charge in [-0.25, -0.2) is 0 Å². The molecule has 1 aromatic carbocycles. The van der Waals surface area contributed by atoms with E-state index in [4.69, 9.17) is 5.73 Å². The molecule has 4 heteroatoms. The van der Waals surface area contributed by atoms with Crippen LogP contribution in [0.4, 0.5) is 0 Å². The van der Waals surface area contributed by atoms with Gasteiger partial charge in [-0.15, -0.1) is 0 Å². The molecule has 0 atom stereocenters. The molecule has 15 heavy (non-hydrogen) atoms. The number of hydrogen-bond acceptors (Lipinski definition) is 3. The van der Waals surface area contributed by atoms with E-state index in [1.165, 1.54) is 11.1 Å². The summed E-state index contributed by atoms with van der Waals surface area (Å²) in [6.45, 7) is 4.54. The van der Waals surface area contributed by atoms with E-state index in [0.29, 0.717) is 6.54 Å². The van der Waals surface area contributed by atoms with Crippen LogP contribution in [0.15, 0.2) is 24.4 Å².